The van der Waals surface area contributed by atoms with Crippen molar-refractivity contribution in [1.82, 2.24) is 9.78 Å². The minimum absolute atomic E-state index is 0.0562. The molecule has 0 radical (unpaired) electrons. The normalized spacial score (nSPS) is 11.3. The quantitative estimate of drug-likeness (QED) is 0.623. The molecule has 3 nitrogen and oxygen atoms in total. The number of thiophene rings is 1. The highest BCUT2D eigenvalue weighted by molar-refractivity contribution is 7.12. The van der Waals surface area contributed by atoms with Crippen LogP contribution < -0.4 is 0 Å². The SMILES string of the molecule is CCn1nccc1/C=C/C(=O)c1cc(C)sc1C. The molecule has 4 heteroatoms. The lowest BCUT2D eigenvalue weighted by molar-refractivity contribution is 0.104. The molecule has 0 bridgehead atoms. The Morgan fingerprint density at radius 2 is 2.28 bits per heavy atom. The first-order chi connectivity index (χ1) is 8.61. The lowest BCUT2D eigenvalue weighted by Crippen LogP contribution is -1.99. The van der Waals surface area contributed by atoms with Crippen molar-refractivity contribution in [3.63, 3.8) is 0 Å². The maximum absolute atomic E-state index is 12.1. The maximum Gasteiger partial charge on any atom is 0.187 e. The number of rotatable bonds is 4. The highest BCUT2D eigenvalue weighted by atomic mass is 32.1. The van der Waals surface area contributed by atoms with Crippen molar-refractivity contribution >= 4 is 23.2 Å². The van der Waals surface area contributed by atoms with Crippen molar-refractivity contribution in [2.75, 3.05) is 0 Å². The van der Waals surface area contributed by atoms with Gasteiger partial charge in [0.05, 0.1) is 5.69 Å². The molecule has 0 aliphatic rings. The van der Waals surface area contributed by atoms with Crippen LogP contribution in [-0.4, -0.2) is 15.6 Å². The number of hydrogen-bond acceptors (Lipinski definition) is 3. The van der Waals surface area contributed by atoms with Gasteiger partial charge in [-0.25, -0.2) is 0 Å². The van der Waals surface area contributed by atoms with Gasteiger partial charge < -0.3 is 0 Å². The van der Waals surface area contributed by atoms with Gasteiger partial charge in [-0.15, -0.1) is 11.3 Å². The van der Waals surface area contributed by atoms with E-state index in [1.165, 1.54) is 4.88 Å². The number of hydrogen-bond donors (Lipinski definition) is 0. The second-order valence-corrected chi connectivity index (χ2v) is 5.56. The van der Waals surface area contributed by atoms with Gasteiger partial charge in [0.1, 0.15) is 0 Å². The Morgan fingerprint density at radius 1 is 1.50 bits per heavy atom. The van der Waals surface area contributed by atoms with Crippen LogP contribution in [0.5, 0.6) is 0 Å². The van der Waals surface area contributed by atoms with Crippen LogP contribution in [0.2, 0.25) is 0 Å². The number of aryl methyl sites for hydroxylation is 3. The summed E-state index contributed by atoms with van der Waals surface area (Å²) in [4.78, 5) is 14.3. The van der Waals surface area contributed by atoms with E-state index in [1.807, 2.05) is 43.7 Å². The van der Waals surface area contributed by atoms with Gasteiger partial charge in [-0.05, 0) is 45.1 Å². The Kier molecular flexibility index (Phi) is 3.77. The van der Waals surface area contributed by atoms with Gasteiger partial charge in [0, 0.05) is 28.1 Å². The number of aromatic nitrogens is 2. The zero-order valence-corrected chi connectivity index (χ0v) is 11.6. The van der Waals surface area contributed by atoms with E-state index < -0.39 is 0 Å². The molecule has 0 aliphatic heterocycles. The van der Waals surface area contributed by atoms with Gasteiger partial charge in [-0.3, -0.25) is 9.48 Å². The third-order valence-corrected chi connectivity index (χ3v) is 3.73. The average molecular weight is 260 g/mol. The van der Waals surface area contributed by atoms with E-state index in [0.29, 0.717) is 0 Å². The molecule has 0 amide bonds. The summed E-state index contributed by atoms with van der Waals surface area (Å²) in [6, 6.07) is 3.85. The first-order valence-corrected chi connectivity index (χ1v) is 6.74. The molecule has 0 N–H and O–H groups in total. The van der Waals surface area contributed by atoms with Gasteiger partial charge >= 0.3 is 0 Å². The fourth-order valence-electron chi connectivity index (χ4n) is 1.87. The lowest BCUT2D eigenvalue weighted by atomic mass is 10.1. The molecule has 0 spiro atoms. The summed E-state index contributed by atoms with van der Waals surface area (Å²) in [5, 5.41) is 4.16. The second kappa shape index (κ2) is 5.31. The third-order valence-electron chi connectivity index (χ3n) is 2.76. The molecule has 0 aliphatic carbocycles. The summed E-state index contributed by atoms with van der Waals surface area (Å²) in [5.41, 5.74) is 1.76. The lowest BCUT2D eigenvalue weighted by Gasteiger charge is -1.98. The average Bonchev–Trinajstić information content (AvgIpc) is 2.92. The van der Waals surface area contributed by atoms with Crippen molar-refractivity contribution in [2.24, 2.45) is 0 Å². The molecule has 18 heavy (non-hydrogen) atoms. The monoisotopic (exact) mass is 260 g/mol. The van der Waals surface area contributed by atoms with Crippen molar-refractivity contribution in [2.45, 2.75) is 27.3 Å². The predicted octanol–water partition coefficient (Wildman–Crippen LogP) is 3.48. The minimum Gasteiger partial charge on any atom is -0.289 e. The topological polar surface area (TPSA) is 34.9 Å². The summed E-state index contributed by atoms with van der Waals surface area (Å²) in [6.45, 7) is 6.83. The third kappa shape index (κ3) is 2.59. The van der Waals surface area contributed by atoms with Gasteiger partial charge in [0.15, 0.2) is 5.78 Å². The Bertz CT molecular complexity index is 593. The molecule has 0 fully saturated rings. The van der Waals surface area contributed by atoms with Crippen molar-refractivity contribution in [3.05, 3.63) is 45.4 Å². The van der Waals surface area contributed by atoms with Crippen LogP contribution in [0.15, 0.2) is 24.4 Å². The fourth-order valence-corrected chi connectivity index (χ4v) is 2.80. The fraction of sp³-hybridized carbons (Fsp3) is 0.286. The molecule has 0 saturated heterocycles. The summed E-state index contributed by atoms with van der Waals surface area (Å²) >= 11 is 1.66. The Hall–Kier alpha value is -1.68. The van der Waals surface area contributed by atoms with E-state index >= 15 is 0 Å². The summed E-state index contributed by atoms with van der Waals surface area (Å²) < 4.78 is 1.86. The van der Waals surface area contributed by atoms with E-state index in [9.17, 15) is 4.79 Å². The second-order valence-electron chi connectivity index (χ2n) is 4.10. The number of allylic oxidation sites excluding steroid dienone is 1. The molecule has 0 atom stereocenters. The van der Waals surface area contributed by atoms with Crippen molar-refractivity contribution in [1.29, 1.82) is 0 Å². The molecular weight excluding hydrogens is 244 g/mol. The smallest absolute Gasteiger partial charge is 0.187 e. The number of nitrogens with zero attached hydrogens (tertiary/aromatic N) is 2. The summed E-state index contributed by atoms with van der Waals surface area (Å²) in [6.07, 6.45) is 5.19. The van der Waals surface area contributed by atoms with E-state index in [1.54, 1.807) is 23.6 Å². The highest BCUT2D eigenvalue weighted by Gasteiger charge is 2.09. The van der Waals surface area contributed by atoms with Crippen LogP contribution in [0.25, 0.3) is 6.08 Å². The standard InChI is InChI=1S/C14H16N2OS/c1-4-16-12(7-8-15-16)5-6-14(17)13-9-10(2)18-11(13)3/h5-9H,4H2,1-3H3/b6-5+. The number of carbonyl (C=O) groups is 1. The maximum atomic E-state index is 12.1. The molecule has 94 valence electrons. The van der Waals surface area contributed by atoms with E-state index in [2.05, 4.69) is 5.10 Å². The first-order valence-electron chi connectivity index (χ1n) is 5.93. The van der Waals surface area contributed by atoms with Crippen molar-refractivity contribution < 1.29 is 4.79 Å². The van der Waals surface area contributed by atoms with Gasteiger partial charge in [0.25, 0.3) is 0 Å². The van der Waals surface area contributed by atoms with Crippen molar-refractivity contribution in [3.8, 4) is 0 Å². The zero-order chi connectivity index (χ0) is 13.1. The summed E-state index contributed by atoms with van der Waals surface area (Å²) in [5.74, 6) is 0.0562. The van der Waals surface area contributed by atoms with E-state index in [4.69, 9.17) is 0 Å². The number of ketones is 1. The Morgan fingerprint density at radius 3 is 2.89 bits per heavy atom. The molecule has 2 aromatic rings. The molecule has 2 rings (SSSR count). The Balaban J connectivity index is 2.19. The summed E-state index contributed by atoms with van der Waals surface area (Å²) in [7, 11) is 0. The molecule has 0 saturated carbocycles. The van der Waals surface area contributed by atoms with Crippen LogP contribution in [0.3, 0.4) is 0 Å². The van der Waals surface area contributed by atoms with Crippen LogP contribution in [-0.2, 0) is 6.54 Å². The highest BCUT2D eigenvalue weighted by Crippen LogP contribution is 2.21. The molecule has 0 unspecified atom stereocenters. The molecule has 2 aromatic heterocycles. The predicted molar refractivity (Wildman–Crippen MR) is 75.1 cm³/mol. The van der Waals surface area contributed by atoms with Crippen LogP contribution in [0, 0.1) is 13.8 Å². The largest absolute Gasteiger partial charge is 0.289 e. The first kappa shape index (κ1) is 12.8. The molecular formula is C14H16N2OS. The molecule has 0 aromatic carbocycles. The number of carbonyl (C=O) groups excluding carboxylic acids is 1. The molecule has 2 heterocycles. The van der Waals surface area contributed by atoms with Gasteiger partial charge in [-0.1, -0.05) is 0 Å². The van der Waals surface area contributed by atoms with E-state index in [-0.39, 0.29) is 5.78 Å². The van der Waals surface area contributed by atoms with Crippen LogP contribution >= 0.6 is 11.3 Å². The zero-order valence-electron chi connectivity index (χ0n) is 10.8. The van der Waals surface area contributed by atoms with Crippen LogP contribution in [0.4, 0.5) is 0 Å². The van der Waals surface area contributed by atoms with E-state index in [0.717, 1.165) is 22.7 Å². The Labute approximate surface area is 111 Å². The van der Waals surface area contributed by atoms with Crippen LogP contribution in [0.1, 0.15) is 32.7 Å². The van der Waals surface area contributed by atoms with Gasteiger partial charge in [0.2, 0.25) is 0 Å². The minimum atomic E-state index is 0.0562. The van der Waals surface area contributed by atoms with Gasteiger partial charge in [-0.2, -0.15) is 5.10 Å².